The van der Waals surface area contributed by atoms with E-state index in [1.54, 1.807) is 7.11 Å². The molecule has 0 aliphatic heterocycles. The molecule has 4 aromatic rings. The molecule has 2 aromatic carbocycles. The Kier molecular flexibility index (Phi) is 9.25. The van der Waals surface area contributed by atoms with Crippen LogP contribution in [0, 0.1) is 0 Å². The molecule has 0 radical (unpaired) electrons. The van der Waals surface area contributed by atoms with E-state index in [0.717, 1.165) is 41.7 Å². The van der Waals surface area contributed by atoms with E-state index in [1.807, 2.05) is 74.8 Å². The molecule has 2 heterocycles. The minimum absolute atomic E-state index is 0.285. The molecule has 4 rings (SSSR count). The Bertz CT molecular complexity index is 1330. The Labute approximate surface area is 222 Å². The fourth-order valence-electron chi connectivity index (χ4n) is 3.79. The summed E-state index contributed by atoms with van der Waals surface area (Å²) in [7, 11) is 5.65. The Hall–Kier alpha value is -4.44. The molecule has 0 bridgehead atoms. The standard InChI is InChI=1S/C28H33N7O3/c1-35(2)16-7-17-38-27-24(37-3)18-23-25(30-19-31-26(23)34-27)29-15-14-20-10-12-22(13-11-20)33-28(36)32-21-8-5-4-6-9-21/h4-6,8-13,18-19H,7,14-17H2,1-3H3,(H2,32,33,36)(H,29,30,31,34). The highest BCUT2D eigenvalue weighted by Crippen LogP contribution is 2.31. The van der Waals surface area contributed by atoms with Crippen LogP contribution in [0.3, 0.4) is 0 Å². The first kappa shape index (κ1) is 26.6. The molecule has 10 heteroatoms. The number of nitrogens with zero attached hydrogens (tertiary/aromatic N) is 4. The van der Waals surface area contributed by atoms with Gasteiger partial charge < -0.3 is 30.3 Å². The van der Waals surface area contributed by atoms with Crippen molar-refractivity contribution in [3.63, 3.8) is 0 Å². The van der Waals surface area contributed by atoms with Crippen molar-refractivity contribution in [2.45, 2.75) is 12.8 Å². The summed E-state index contributed by atoms with van der Waals surface area (Å²) in [5.74, 6) is 1.64. The predicted octanol–water partition coefficient (Wildman–Crippen LogP) is 4.66. The number of urea groups is 1. The highest BCUT2D eigenvalue weighted by molar-refractivity contribution is 5.99. The topological polar surface area (TPSA) is 114 Å². The maximum absolute atomic E-state index is 12.2. The normalized spacial score (nSPS) is 10.8. The molecule has 0 unspecified atom stereocenters. The molecule has 38 heavy (non-hydrogen) atoms. The number of hydrogen-bond donors (Lipinski definition) is 3. The summed E-state index contributed by atoms with van der Waals surface area (Å²) < 4.78 is 11.4. The molecular formula is C28H33N7O3. The summed E-state index contributed by atoms with van der Waals surface area (Å²) >= 11 is 0. The van der Waals surface area contributed by atoms with Gasteiger partial charge in [-0.15, -0.1) is 0 Å². The number of nitrogens with one attached hydrogen (secondary N) is 3. The van der Waals surface area contributed by atoms with Crippen LogP contribution >= 0.6 is 0 Å². The lowest BCUT2D eigenvalue weighted by Crippen LogP contribution is -2.19. The van der Waals surface area contributed by atoms with Crippen LogP contribution in [-0.2, 0) is 6.42 Å². The highest BCUT2D eigenvalue weighted by Gasteiger charge is 2.13. The molecule has 0 saturated carbocycles. The number of amides is 2. The van der Waals surface area contributed by atoms with Crippen molar-refractivity contribution < 1.29 is 14.3 Å². The second kappa shape index (κ2) is 13.2. The number of carbonyl (C=O) groups excluding carboxylic acids is 1. The van der Waals surface area contributed by atoms with Crippen LogP contribution in [0.15, 0.2) is 67.0 Å². The molecule has 0 spiro atoms. The van der Waals surface area contributed by atoms with E-state index in [2.05, 4.69) is 35.8 Å². The van der Waals surface area contributed by atoms with Crippen molar-refractivity contribution in [1.82, 2.24) is 19.9 Å². The van der Waals surface area contributed by atoms with Gasteiger partial charge in [-0.1, -0.05) is 30.3 Å². The SMILES string of the molecule is COc1cc2c(NCCc3ccc(NC(=O)Nc4ccccc4)cc3)ncnc2nc1OCCCN(C)C. The van der Waals surface area contributed by atoms with Gasteiger partial charge in [0, 0.05) is 30.5 Å². The number of anilines is 3. The number of pyridine rings is 1. The maximum atomic E-state index is 12.2. The first-order valence-corrected chi connectivity index (χ1v) is 12.4. The van der Waals surface area contributed by atoms with Gasteiger partial charge in [-0.05, 0) is 56.8 Å². The fraction of sp³-hybridized carbons (Fsp3) is 0.286. The van der Waals surface area contributed by atoms with Crippen molar-refractivity contribution in [2.24, 2.45) is 0 Å². The third-order valence-corrected chi connectivity index (χ3v) is 5.71. The zero-order valence-corrected chi connectivity index (χ0v) is 21.9. The Morgan fingerprint density at radius 1 is 0.974 bits per heavy atom. The zero-order chi connectivity index (χ0) is 26.7. The van der Waals surface area contributed by atoms with Crippen LogP contribution in [0.25, 0.3) is 11.0 Å². The van der Waals surface area contributed by atoms with Crippen LogP contribution in [0.1, 0.15) is 12.0 Å². The second-order valence-corrected chi connectivity index (χ2v) is 8.91. The summed E-state index contributed by atoms with van der Waals surface area (Å²) in [6.45, 7) is 2.11. The lowest BCUT2D eigenvalue weighted by atomic mass is 10.1. The minimum Gasteiger partial charge on any atom is -0.491 e. The minimum atomic E-state index is -0.285. The van der Waals surface area contributed by atoms with Crippen LogP contribution in [0.4, 0.5) is 22.0 Å². The van der Waals surface area contributed by atoms with Gasteiger partial charge in [0.2, 0.25) is 0 Å². The fourth-order valence-corrected chi connectivity index (χ4v) is 3.79. The smallest absolute Gasteiger partial charge is 0.323 e. The van der Waals surface area contributed by atoms with Gasteiger partial charge in [0.15, 0.2) is 11.4 Å². The number of ether oxygens (including phenoxy) is 2. The maximum Gasteiger partial charge on any atom is 0.323 e. The number of fused-ring (bicyclic) bond motifs is 1. The predicted molar refractivity (Wildman–Crippen MR) is 150 cm³/mol. The van der Waals surface area contributed by atoms with Gasteiger partial charge >= 0.3 is 6.03 Å². The number of methoxy groups -OCH3 is 1. The lowest BCUT2D eigenvalue weighted by Gasteiger charge is -2.14. The quantitative estimate of drug-likeness (QED) is 0.234. The Morgan fingerprint density at radius 3 is 2.42 bits per heavy atom. The van der Waals surface area contributed by atoms with Gasteiger partial charge in [-0.25, -0.2) is 14.8 Å². The van der Waals surface area contributed by atoms with Crippen LogP contribution in [0.5, 0.6) is 11.6 Å². The molecule has 0 saturated heterocycles. The molecule has 0 aliphatic rings. The van der Waals surface area contributed by atoms with Crippen molar-refractivity contribution in [2.75, 3.05) is 56.9 Å². The largest absolute Gasteiger partial charge is 0.491 e. The second-order valence-electron chi connectivity index (χ2n) is 8.91. The molecule has 3 N–H and O–H groups in total. The first-order valence-electron chi connectivity index (χ1n) is 12.4. The number of rotatable bonds is 12. The molecule has 0 atom stereocenters. The van der Waals surface area contributed by atoms with E-state index in [9.17, 15) is 4.79 Å². The number of hydrogen-bond acceptors (Lipinski definition) is 8. The molecule has 0 fully saturated rings. The number of aromatic nitrogens is 3. The number of benzene rings is 2. The summed E-state index contributed by atoms with van der Waals surface area (Å²) in [5.41, 5.74) is 3.11. The molecule has 0 aliphatic carbocycles. The summed E-state index contributed by atoms with van der Waals surface area (Å²) in [5, 5.41) is 9.78. The number of para-hydroxylation sites is 1. The van der Waals surface area contributed by atoms with Crippen molar-refractivity contribution in [1.29, 1.82) is 0 Å². The van der Waals surface area contributed by atoms with E-state index in [4.69, 9.17) is 9.47 Å². The van der Waals surface area contributed by atoms with Gasteiger partial charge in [0.1, 0.15) is 12.1 Å². The average Bonchev–Trinajstić information content (AvgIpc) is 2.92. The third-order valence-electron chi connectivity index (χ3n) is 5.71. The summed E-state index contributed by atoms with van der Waals surface area (Å²) in [6.07, 6.45) is 3.13. The Balaban J connectivity index is 1.32. The van der Waals surface area contributed by atoms with Crippen molar-refractivity contribution >= 4 is 34.3 Å². The molecule has 2 aromatic heterocycles. The molecule has 198 valence electrons. The van der Waals surface area contributed by atoms with Gasteiger partial charge in [-0.2, -0.15) is 4.98 Å². The molecule has 2 amide bonds. The zero-order valence-electron chi connectivity index (χ0n) is 21.9. The summed E-state index contributed by atoms with van der Waals surface area (Å²) in [6, 6.07) is 18.6. The number of carbonyl (C=O) groups is 1. The van der Waals surface area contributed by atoms with Crippen molar-refractivity contribution in [3.8, 4) is 11.6 Å². The molecule has 10 nitrogen and oxygen atoms in total. The third kappa shape index (κ3) is 7.53. The van der Waals surface area contributed by atoms with E-state index >= 15 is 0 Å². The highest BCUT2D eigenvalue weighted by atomic mass is 16.5. The monoisotopic (exact) mass is 515 g/mol. The van der Waals surface area contributed by atoms with Crippen LogP contribution in [-0.4, -0.2) is 66.8 Å². The van der Waals surface area contributed by atoms with Crippen molar-refractivity contribution in [3.05, 3.63) is 72.6 Å². The van der Waals surface area contributed by atoms with Gasteiger partial charge in [-0.3, -0.25) is 0 Å². The van der Waals surface area contributed by atoms with Crippen LogP contribution in [0.2, 0.25) is 0 Å². The summed E-state index contributed by atoms with van der Waals surface area (Å²) in [4.78, 5) is 27.6. The molecular weight excluding hydrogens is 482 g/mol. The van der Waals surface area contributed by atoms with E-state index in [1.165, 1.54) is 6.33 Å². The lowest BCUT2D eigenvalue weighted by molar-refractivity contribution is 0.260. The Morgan fingerprint density at radius 2 is 1.71 bits per heavy atom. The van der Waals surface area contributed by atoms with Crippen LogP contribution < -0.4 is 25.4 Å². The van der Waals surface area contributed by atoms with E-state index < -0.39 is 0 Å². The van der Waals surface area contributed by atoms with Gasteiger partial charge in [0.05, 0.1) is 19.1 Å². The van der Waals surface area contributed by atoms with E-state index in [0.29, 0.717) is 36.2 Å². The average molecular weight is 516 g/mol. The van der Waals surface area contributed by atoms with Gasteiger partial charge in [0.25, 0.3) is 5.88 Å². The van der Waals surface area contributed by atoms with E-state index in [-0.39, 0.29) is 6.03 Å². The first-order chi connectivity index (χ1) is 18.5.